The second-order valence-corrected chi connectivity index (χ2v) is 15.6. The van der Waals surface area contributed by atoms with E-state index < -0.39 is 70.7 Å². The number of ketones is 1. The molecule has 1 unspecified atom stereocenters. The van der Waals surface area contributed by atoms with Crippen molar-refractivity contribution >= 4 is 35.5 Å². The predicted molar refractivity (Wildman–Crippen MR) is 182 cm³/mol. The summed E-state index contributed by atoms with van der Waals surface area (Å²) >= 11 is 0. The highest BCUT2D eigenvalue weighted by Crippen LogP contribution is 2.48. The topological polar surface area (TPSA) is 163 Å². The third-order valence-corrected chi connectivity index (χ3v) is 9.52. The van der Waals surface area contributed by atoms with E-state index in [4.69, 9.17) is 4.74 Å². The van der Waals surface area contributed by atoms with Crippen LogP contribution >= 0.6 is 0 Å². The number of ether oxygens (including phenoxy) is 1. The summed E-state index contributed by atoms with van der Waals surface area (Å²) in [5.74, 6) is -3.45. The number of amides is 5. The van der Waals surface area contributed by atoms with E-state index in [-0.39, 0.29) is 37.3 Å². The summed E-state index contributed by atoms with van der Waals surface area (Å²) in [5, 5.41) is 10.9. The number of esters is 1. The fourth-order valence-electron chi connectivity index (χ4n) is 7.01. The largest absolute Gasteiger partial charge is 0.458 e. The van der Waals surface area contributed by atoms with Crippen molar-refractivity contribution in [3.8, 4) is 0 Å². The van der Waals surface area contributed by atoms with Crippen molar-refractivity contribution in [1.29, 1.82) is 0 Å². The van der Waals surface area contributed by atoms with Crippen LogP contribution in [-0.4, -0.2) is 83.3 Å². The van der Waals surface area contributed by atoms with Gasteiger partial charge in [0.1, 0.15) is 23.7 Å². The van der Waals surface area contributed by atoms with Crippen LogP contribution in [0.4, 0.5) is 4.79 Å². The van der Waals surface area contributed by atoms with Gasteiger partial charge in [-0.15, -0.1) is 6.58 Å². The molecule has 0 aromatic heterocycles. The molecule has 0 aromatic carbocycles. The molecule has 1 heterocycles. The number of fused-ring (bicyclic) bond motifs is 1. The quantitative estimate of drug-likeness (QED) is 0.132. The zero-order chi connectivity index (χ0) is 36.0. The van der Waals surface area contributed by atoms with E-state index in [0.717, 1.165) is 37.7 Å². The van der Waals surface area contributed by atoms with Crippen LogP contribution in [0.25, 0.3) is 0 Å². The summed E-state index contributed by atoms with van der Waals surface area (Å²) in [7, 11) is 0. The smallest absolute Gasteiger partial charge is 0.329 e. The number of urea groups is 1. The number of hydrogen-bond acceptors (Lipinski definition) is 7. The lowest BCUT2D eigenvalue weighted by atomic mass is 9.69. The standard InChI is InChI=1S/C36H57N5O7/c1-10-15-25(28(42)31(44)37-18-11-2)38-30(43)27-23-19-21(3)24(23)20-41(27)32(45)29(35(4,5)6)40-34(47)39-26(22-16-13-12-14-17-22)33(46)48-36(7,8)9/h11,22-27,29H,2-3,10,12-20H2,1,4-9H3,(H,37,44)(H,38,43)(H2,39,40,47)/t23-,24+,25?,26-,27-,29+/m0/s1. The highest BCUT2D eigenvalue weighted by molar-refractivity contribution is 6.38. The van der Waals surface area contributed by atoms with Gasteiger partial charge >= 0.3 is 12.0 Å². The number of hydrogen-bond donors (Lipinski definition) is 4. The molecule has 2 aliphatic carbocycles. The lowest BCUT2D eigenvalue weighted by Crippen LogP contribution is -2.62. The molecule has 2 saturated carbocycles. The van der Waals surface area contributed by atoms with E-state index in [2.05, 4.69) is 34.4 Å². The minimum absolute atomic E-state index is 0.0888. The normalized spacial score (nSPS) is 23.0. The monoisotopic (exact) mass is 671 g/mol. The molecule has 0 aromatic rings. The highest BCUT2D eigenvalue weighted by Gasteiger charge is 2.55. The van der Waals surface area contributed by atoms with Gasteiger partial charge in [-0.3, -0.25) is 19.2 Å². The Balaban J connectivity index is 1.83. The van der Waals surface area contributed by atoms with Gasteiger partial charge in [-0.1, -0.05) is 71.6 Å². The lowest BCUT2D eigenvalue weighted by Gasteiger charge is -2.38. The summed E-state index contributed by atoms with van der Waals surface area (Å²) in [6.45, 7) is 20.6. The van der Waals surface area contributed by atoms with Gasteiger partial charge < -0.3 is 30.9 Å². The van der Waals surface area contributed by atoms with Gasteiger partial charge in [-0.05, 0) is 57.8 Å². The van der Waals surface area contributed by atoms with Crippen LogP contribution in [-0.2, 0) is 28.7 Å². The van der Waals surface area contributed by atoms with Crippen molar-refractivity contribution in [3.05, 3.63) is 24.8 Å². The number of likely N-dealkylation sites (tertiary alicyclic amines) is 1. The van der Waals surface area contributed by atoms with Crippen molar-refractivity contribution in [3.63, 3.8) is 0 Å². The average molecular weight is 672 g/mol. The second kappa shape index (κ2) is 16.1. The number of carbonyl (C=O) groups is 6. The number of carbonyl (C=O) groups excluding carboxylic acids is 6. The fourth-order valence-corrected chi connectivity index (χ4v) is 7.01. The minimum atomic E-state index is -1.06. The zero-order valence-electron chi connectivity index (χ0n) is 29.9. The zero-order valence-corrected chi connectivity index (χ0v) is 29.9. The van der Waals surface area contributed by atoms with Gasteiger partial charge in [0.15, 0.2) is 0 Å². The first-order valence-electron chi connectivity index (χ1n) is 17.4. The van der Waals surface area contributed by atoms with E-state index in [1.807, 2.05) is 27.7 Å². The first-order valence-corrected chi connectivity index (χ1v) is 17.4. The Bertz CT molecular complexity index is 1260. The molecule has 0 radical (unpaired) electrons. The molecule has 0 bridgehead atoms. The van der Waals surface area contributed by atoms with Gasteiger partial charge in [0.25, 0.3) is 5.91 Å². The molecule has 5 amide bonds. The summed E-state index contributed by atoms with van der Waals surface area (Å²) in [6.07, 6.45) is 7.32. The molecule has 4 N–H and O–H groups in total. The summed E-state index contributed by atoms with van der Waals surface area (Å²) in [4.78, 5) is 82.1. The highest BCUT2D eigenvalue weighted by atomic mass is 16.6. The molecule has 12 nitrogen and oxygen atoms in total. The lowest BCUT2D eigenvalue weighted by molar-refractivity contribution is -0.159. The molecule has 12 heteroatoms. The van der Waals surface area contributed by atoms with Gasteiger partial charge in [0.05, 0.1) is 6.04 Å². The number of nitrogens with one attached hydrogen (secondary N) is 4. The Kier molecular flexibility index (Phi) is 13.0. The second-order valence-electron chi connectivity index (χ2n) is 15.6. The molecule has 3 aliphatic rings. The minimum Gasteiger partial charge on any atom is -0.458 e. The van der Waals surface area contributed by atoms with E-state index in [0.29, 0.717) is 12.8 Å². The van der Waals surface area contributed by atoms with E-state index in [9.17, 15) is 28.8 Å². The van der Waals surface area contributed by atoms with Gasteiger partial charge in [0, 0.05) is 24.9 Å². The Labute approximate surface area is 285 Å². The molecule has 3 rings (SSSR count). The first-order chi connectivity index (χ1) is 22.4. The van der Waals surface area contributed by atoms with Crippen molar-refractivity contribution in [2.24, 2.45) is 23.2 Å². The summed E-state index contributed by atoms with van der Waals surface area (Å²) in [5.41, 5.74) is -0.579. The Morgan fingerprint density at radius 2 is 1.62 bits per heavy atom. The van der Waals surface area contributed by atoms with Crippen molar-refractivity contribution < 1.29 is 33.5 Å². The van der Waals surface area contributed by atoms with Crippen LogP contribution in [0.5, 0.6) is 0 Å². The van der Waals surface area contributed by atoms with Crippen LogP contribution in [0.2, 0.25) is 0 Å². The van der Waals surface area contributed by atoms with Crippen LogP contribution in [0.15, 0.2) is 24.8 Å². The maximum atomic E-state index is 14.4. The molecule has 6 atom stereocenters. The molecule has 1 aliphatic heterocycles. The molecular weight excluding hydrogens is 614 g/mol. The Morgan fingerprint density at radius 1 is 0.979 bits per heavy atom. The molecule has 3 fully saturated rings. The van der Waals surface area contributed by atoms with E-state index in [1.54, 1.807) is 20.8 Å². The third-order valence-electron chi connectivity index (χ3n) is 9.52. The predicted octanol–water partition coefficient (Wildman–Crippen LogP) is 3.55. The van der Waals surface area contributed by atoms with Crippen molar-refractivity contribution in [1.82, 2.24) is 26.2 Å². The molecule has 1 saturated heterocycles. The number of Topliss-reactive ketones (excluding diaryl/α,β-unsaturated/α-hetero) is 1. The number of rotatable bonds is 13. The molecule has 48 heavy (non-hydrogen) atoms. The van der Waals surface area contributed by atoms with Gasteiger partial charge in [0.2, 0.25) is 17.6 Å². The molecular formula is C36H57N5O7. The first kappa shape index (κ1) is 38.7. The maximum Gasteiger partial charge on any atom is 0.329 e. The summed E-state index contributed by atoms with van der Waals surface area (Å²) in [6, 6.07) is -4.57. The van der Waals surface area contributed by atoms with Crippen LogP contribution in [0, 0.1) is 23.2 Å². The van der Waals surface area contributed by atoms with Crippen LogP contribution in [0.3, 0.4) is 0 Å². The van der Waals surface area contributed by atoms with E-state index >= 15 is 0 Å². The SMILES string of the molecule is C=CCNC(=O)C(=O)C(CCC)NC(=O)[C@@H]1[C@H]2CC(=C)[C@H]2CN1C(=O)[C@@H](NC(=O)N[C@H](C(=O)OC(C)(C)C)C1CCCCC1)C(C)(C)C. The van der Waals surface area contributed by atoms with Crippen LogP contribution in [0.1, 0.15) is 99.8 Å². The fraction of sp³-hybridized carbons (Fsp3) is 0.722. The molecule has 0 spiro atoms. The Hall–Kier alpha value is -3.70. The van der Waals surface area contributed by atoms with Crippen molar-refractivity contribution in [2.75, 3.05) is 13.1 Å². The van der Waals surface area contributed by atoms with Gasteiger partial charge in [-0.25, -0.2) is 9.59 Å². The third kappa shape index (κ3) is 9.69. The average Bonchev–Trinajstić information content (AvgIpc) is 3.32. The summed E-state index contributed by atoms with van der Waals surface area (Å²) < 4.78 is 5.67. The van der Waals surface area contributed by atoms with Crippen LogP contribution < -0.4 is 21.3 Å². The van der Waals surface area contributed by atoms with Gasteiger partial charge in [-0.2, -0.15) is 0 Å². The maximum absolute atomic E-state index is 14.4. The van der Waals surface area contributed by atoms with E-state index in [1.165, 1.54) is 11.0 Å². The Morgan fingerprint density at radius 3 is 2.17 bits per heavy atom. The molecule has 268 valence electrons. The number of nitrogens with zero attached hydrogens (tertiary/aromatic N) is 1. The van der Waals surface area contributed by atoms with Crippen molar-refractivity contribution in [2.45, 2.75) is 130 Å².